The number of nitrogens with one attached hydrogen (secondary N) is 3. The minimum Gasteiger partial charge on any atom is -0.353 e. The summed E-state index contributed by atoms with van der Waals surface area (Å²) in [5.41, 5.74) is 2.57. The van der Waals surface area contributed by atoms with Crippen LogP contribution in [0.25, 0.3) is 11.1 Å². The minimum atomic E-state index is -0.131. The van der Waals surface area contributed by atoms with E-state index in [9.17, 15) is 9.59 Å². The molecule has 2 aromatic rings. The molecule has 7 heteroatoms. The molecule has 1 aliphatic carbocycles. The number of carbonyl (C=O) groups is 1. The van der Waals surface area contributed by atoms with Gasteiger partial charge in [0.2, 0.25) is 11.5 Å². The zero-order valence-corrected chi connectivity index (χ0v) is 15.7. The lowest BCUT2D eigenvalue weighted by molar-refractivity contribution is -0.117. The number of hydrogen-bond donors (Lipinski definition) is 3. The van der Waals surface area contributed by atoms with E-state index in [1.807, 2.05) is 19.1 Å². The fraction of sp³-hybridized carbons (Fsp3) is 0.450. The maximum absolute atomic E-state index is 12.3. The number of nitrogens with zero attached hydrogens (tertiary/aromatic N) is 2. The van der Waals surface area contributed by atoms with Crippen molar-refractivity contribution in [2.75, 3.05) is 29.9 Å². The first-order chi connectivity index (χ1) is 13.0. The Morgan fingerprint density at radius 2 is 2.11 bits per heavy atom. The molecule has 3 heterocycles. The van der Waals surface area contributed by atoms with Gasteiger partial charge in [-0.15, -0.1) is 0 Å². The number of aromatic amines is 1. The van der Waals surface area contributed by atoms with E-state index < -0.39 is 0 Å². The number of H-pyrrole nitrogens is 1. The number of hydrogen-bond acceptors (Lipinski definition) is 5. The van der Waals surface area contributed by atoms with Crippen molar-refractivity contribution in [3.05, 3.63) is 40.3 Å². The van der Waals surface area contributed by atoms with E-state index in [2.05, 4.69) is 32.4 Å². The Morgan fingerprint density at radius 1 is 1.30 bits per heavy atom. The van der Waals surface area contributed by atoms with Crippen molar-refractivity contribution in [3.8, 4) is 11.1 Å². The molecular weight excluding hydrogens is 342 g/mol. The van der Waals surface area contributed by atoms with Crippen molar-refractivity contribution in [2.24, 2.45) is 5.92 Å². The number of aromatic nitrogens is 2. The molecule has 0 aromatic carbocycles. The molecule has 7 nitrogen and oxygen atoms in total. The molecule has 0 radical (unpaired) electrons. The molecule has 0 bridgehead atoms. The van der Waals surface area contributed by atoms with Crippen molar-refractivity contribution in [1.82, 2.24) is 15.3 Å². The van der Waals surface area contributed by atoms with Gasteiger partial charge in [0.15, 0.2) is 0 Å². The van der Waals surface area contributed by atoms with E-state index in [0.717, 1.165) is 55.0 Å². The van der Waals surface area contributed by atoms with Crippen LogP contribution in [0.15, 0.2) is 29.2 Å². The zero-order chi connectivity index (χ0) is 19.0. The van der Waals surface area contributed by atoms with Crippen LogP contribution in [0.2, 0.25) is 0 Å². The molecule has 2 aromatic heterocycles. The minimum absolute atomic E-state index is 0.0264. The number of amides is 1. The molecule has 1 saturated heterocycles. The van der Waals surface area contributed by atoms with Gasteiger partial charge in [0, 0.05) is 43.9 Å². The number of carbonyl (C=O) groups excluding carboxylic acids is 1. The number of aryl methyl sites for hydroxylation is 1. The first-order valence-electron chi connectivity index (χ1n) is 9.51. The van der Waals surface area contributed by atoms with E-state index in [0.29, 0.717) is 11.9 Å². The van der Waals surface area contributed by atoms with Crippen LogP contribution in [0.1, 0.15) is 25.3 Å². The normalized spacial score (nSPS) is 19.8. The third kappa shape index (κ3) is 3.88. The van der Waals surface area contributed by atoms with Gasteiger partial charge in [-0.3, -0.25) is 9.59 Å². The lowest BCUT2D eigenvalue weighted by Crippen LogP contribution is -2.50. The summed E-state index contributed by atoms with van der Waals surface area (Å²) in [7, 11) is 0. The molecule has 2 fully saturated rings. The number of piperazine rings is 1. The predicted molar refractivity (Wildman–Crippen MR) is 106 cm³/mol. The monoisotopic (exact) mass is 367 g/mol. The molecule has 1 amide bonds. The predicted octanol–water partition coefficient (Wildman–Crippen LogP) is 1.89. The van der Waals surface area contributed by atoms with Gasteiger partial charge < -0.3 is 20.5 Å². The second-order valence-corrected chi connectivity index (χ2v) is 7.51. The summed E-state index contributed by atoms with van der Waals surface area (Å²) >= 11 is 0. The van der Waals surface area contributed by atoms with Gasteiger partial charge in [0.25, 0.3) is 0 Å². The first-order valence-corrected chi connectivity index (χ1v) is 9.51. The summed E-state index contributed by atoms with van der Waals surface area (Å²) in [5.74, 6) is 1.51. The van der Waals surface area contributed by atoms with Gasteiger partial charge in [-0.2, -0.15) is 0 Å². The second-order valence-electron chi connectivity index (χ2n) is 7.51. The van der Waals surface area contributed by atoms with Gasteiger partial charge >= 0.3 is 0 Å². The van der Waals surface area contributed by atoms with Gasteiger partial charge in [-0.25, -0.2) is 4.98 Å². The summed E-state index contributed by atoms with van der Waals surface area (Å²) in [6.45, 7) is 6.72. The quantitative estimate of drug-likeness (QED) is 0.768. The summed E-state index contributed by atoms with van der Waals surface area (Å²) < 4.78 is 0. The van der Waals surface area contributed by atoms with Gasteiger partial charge in [0.05, 0.1) is 0 Å². The van der Waals surface area contributed by atoms with Crippen LogP contribution in [0, 0.1) is 12.8 Å². The molecule has 142 valence electrons. The summed E-state index contributed by atoms with van der Waals surface area (Å²) in [4.78, 5) is 33.9. The second kappa shape index (κ2) is 7.15. The molecule has 27 heavy (non-hydrogen) atoms. The van der Waals surface area contributed by atoms with Crippen molar-refractivity contribution in [3.63, 3.8) is 0 Å². The SMILES string of the molecule is Cc1cnc(NC(=O)C2CC2)cc1-c1cc(N2CCNC[C@@H]2C)[nH]c(=O)c1. The van der Waals surface area contributed by atoms with Crippen molar-refractivity contribution in [1.29, 1.82) is 0 Å². The lowest BCUT2D eigenvalue weighted by Gasteiger charge is -2.35. The Kier molecular flexibility index (Phi) is 4.70. The molecule has 2 aliphatic rings. The van der Waals surface area contributed by atoms with Crippen LogP contribution in [-0.2, 0) is 4.79 Å². The summed E-state index contributed by atoms with van der Waals surface area (Å²) in [5, 5.41) is 6.25. The molecule has 1 atom stereocenters. The maximum atomic E-state index is 12.3. The van der Waals surface area contributed by atoms with Crippen LogP contribution < -0.4 is 21.1 Å². The molecule has 0 unspecified atom stereocenters. The van der Waals surface area contributed by atoms with Gasteiger partial charge in [0.1, 0.15) is 11.6 Å². The van der Waals surface area contributed by atoms with Crippen LogP contribution in [0.3, 0.4) is 0 Å². The molecule has 1 saturated carbocycles. The topological polar surface area (TPSA) is 90.1 Å². The summed E-state index contributed by atoms with van der Waals surface area (Å²) in [6.07, 6.45) is 3.64. The van der Waals surface area contributed by atoms with E-state index >= 15 is 0 Å². The maximum Gasteiger partial charge on any atom is 0.250 e. The van der Waals surface area contributed by atoms with E-state index in [1.165, 1.54) is 0 Å². The van der Waals surface area contributed by atoms with E-state index in [4.69, 9.17) is 0 Å². The third-order valence-corrected chi connectivity index (χ3v) is 5.25. The highest BCUT2D eigenvalue weighted by Gasteiger charge is 2.30. The molecule has 4 rings (SSSR count). The Morgan fingerprint density at radius 3 is 2.85 bits per heavy atom. The smallest absolute Gasteiger partial charge is 0.250 e. The van der Waals surface area contributed by atoms with E-state index in [-0.39, 0.29) is 17.4 Å². The highest BCUT2D eigenvalue weighted by molar-refractivity contribution is 5.93. The Hall–Kier alpha value is -2.67. The molecular formula is C20H25N5O2. The molecule has 0 spiro atoms. The van der Waals surface area contributed by atoms with Crippen LogP contribution >= 0.6 is 0 Å². The van der Waals surface area contributed by atoms with Crippen LogP contribution in [-0.4, -0.2) is 41.6 Å². The Bertz CT molecular complexity index is 919. The van der Waals surface area contributed by atoms with Gasteiger partial charge in [-0.1, -0.05) is 0 Å². The highest BCUT2D eigenvalue weighted by atomic mass is 16.2. The average Bonchev–Trinajstić information content (AvgIpc) is 3.48. The Labute approximate surface area is 158 Å². The highest BCUT2D eigenvalue weighted by Crippen LogP contribution is 2.31. The number of anilines is 2. The van der Waals surface area contributed by atoms with Crippen LogP contribution in [0.4, 0.5) is 11.6 Å². The number of pyridine rings is 2. The largest absolute Gasteiger partial charge is 0.353 e. The van der Waals surface area contributed by atoms with Gasteiger partial charge in [-0.05, 0) is 55.5 Å². The Balaban J connectivity index is 1.67. The molecule has 1 aliphatic heterocycles. The first kappa shape index (κ1) is 17.7. The number of rotatable bonds is 4. The van der Waals surface area contributed by atoms with Crippen molar-refractivity contribution >= 4 is 17.5 Å². The standard InChI is InChI=1S/C20H25N5O2/c1-12-10-22-17(23-20(27)14-3-4-14)9-16(12)15-7-18(24-19(26)8-15)25-6-5-21-11-13(25)2/h7-10,13-14,21H,3-6,11H2,1-2H3,(H,24,26)(H,22,23,27)/t13-/m0/s1. The van der Waals surface area contributed by atoms with E-state index in [1.54, 1.807) is 12.3 Å². The van der Waals surface area contributed by atoms with Crippen LogP contribution in [0.5, 0.6) is 0 Å². The summed E-state index contributed by atoms with van der Waals surface area (Å²) in [6, 6.07) is 5.77. The average molecular weight is 367 g/mol. The molecule has 3 N–H and O–H groups in total. The van der Waals surface area contributed by atoms with Crippen molar-refractivity contribution < 1.29 is 4.79 Å². The zero-order valence-electron chi connectivity index (χ0n) is 15.7. The van der Waals surface area contributed by atoms with Crippen molar-refractivity contribution in [2.45, 2.75) is 32.7 Å². The lowest BCUT2D eigenvalue weighted by atomic mass is 10.0. The third-order valence-electron chi connectivity index (χ3n) is 5.25. The fourth-order valence-corrected chi connectivity index (χ4v) is 3.51. The fourth-order valence-electron chi connectivity index (χ4n) is 3.51.